The molecule has 0 aliphatic carbocycles. The molecular weight excluding hydrogens is 519 g/mol. The van der Waals surface area contributed by atoms with Crippen LogP contribution in [0.25, 0.3) is 10.9 Å². The predicted octanol–water partition coefficient (Wildman–Crippen LogP) is 4.49. The zero-order valence-corrected chi connectivity index (χ0v) is 23.7. The molecule has 0 saturated carbocycles. The molecule has 4 aromatic rings. The fourth-order valence-corrected chi connectivity index (χ4v) is 6.38. The minimum Gasteiger partial charge on any atom is -0.368 e. The number of nitrogens with one attached hydrogen (secondary N) is 2. The molecule has 1 aromatic heterocycles. The van der Waals surface area contributed by atoms with Gasteiger partial charge in [0.05, 0.1) is 7.05 Å². The lowest BCUT2D eigenvalue weighted by Crippen LogP contribution is -2.76. The number of hydrogen-bond acceptors (Lipinski definition) is 4. The number of urea groups is 1. The Labute approximate surface area is 239 Å². The van der Waals surface area contributed by atoms with Gasteiger partial charge < -0.3 is 25.0 Å². The molecule has 6 rings (SSSR count). The molecule has 0 bridgehead atoms. The molecule has 1 unspecified atom stereocenters. The van der Waals surface area contributed by atoms with Crippen molar-refractivity contribution in [1.29, 1.82) is 0 Å². The minimum absolute atomic E-state index is 0.0472. The zero-order valence-electron chi connectivity index (χ0n) is 23.7. The molecule has 2 N–H and O–H groups in total. The van der Waals surface area contributed by atoms with Crippen molar-refractivity contribution in [2.45, 2.75) is 18.6 Å². The summed E-state index contributed by atoms with van der Waals surface area (Å²) in [5, 5.41) is 4.14. The van der Waals surface area contributed by atoms with E-state index in [-0.39, 0.29) is 28.3 Å². The summed E-state index contributed by atoms with van der Waals surface area (Å²) in [5.41, 5.74) is 4.83. The summed E-state index contributed by atoms with van der Waals surface area (Å²) in [6.45, 7) is 2.92. The number of benzene rings is 3. The van der Waals surface area contributed by atoms with Crippen molar-refractivity contribution in [3.8, 4) is 0 Å². The number of hydrogen-bond donors (Lipinski definition) is 2. The highest BCUT2D eigenvalue weighted by Crippen LogP contribution is 2.47. The molecule has 0 spiro atoms. The standard InChI is InChI=1S/C32H35FN6O2/c1-36(2)21-22-8-6-11-25(18-22)39(3)30(27-20-34-28-13-5-4-12-26(27)28)29(31(39)40)35-32(41)38-16-14-37(15-17-38)24-10-7-9-23(33)19-24/h4-13,18-20,29-30,34H,14-17,21H2,1-3H3/p+1/t29-,30+,39?/m1/s1. The smallest absolute Gasteiger partial charge is 0.348 e. The summed E-state index contributed by atoms with van der Waals surface area (Å²) < 4.78 is 13.8. The molecule has 212 valence electrons. The van der Waals surface area contributed by atoms with Crippen molar-refractivity contribution >= 4 is 34.2 Å². The SMILES string of the molecule is CN(C)Cc1cccc([N+]2(C)C(=O)[C@H](NC(=O)N3CCN(c4cccc(F)c4)CC3)[C@@H]2c2c[nH]c3ccccc23)c1. The second-order valence-corrected chi connectivity index (χ2v) is 11.4. The van der Waals surface area contributed by atoms with Crippen LogP contribution < -0.4 is 14.7 Å². The second kappa shape index (κ2) is 10.6. The molecule has 41 heavy (non-hydrogen) atoms. The van der Waals surface area contributed by atoms with E-state index in [9.17, 15) is 14.0 Å². The lowest BCUT2D eigenvalue weighted by molar-refractivity contribution is -0.147. The molecule has 3 amide bonds. The van der Waals surface area contributed by atoms with Crippen LogP contribution in [0.2, 0.25) is 0 Å². The maximum Gasteiger partial charge on any atom is 0.348 e. The Kier molecular flexibility index (Phi) is 7.01. The number of H-pyrrole nitrogens is 1. The van der Waals surface area contributed by atoms with Crippen LogP contribution in [0.3, 0.4) is 0 Å². The monoisotopic (exact) mass is 555 g/mol. The first-order valence-electron chi connectivity index (χ1n) is 14.0. The van der Waals surface area contributed by atoms with Crippen molar-refractivity contribution in [1.82, 2.24) is 24.6 Å². The summed E-state index contributed by atoms with van der Waals surface area (Å²) in [5.74, 6) is -0.322. The van der Waals surface area contributed by atoms with Crippen LogP contribution in [0.5, 0.6) is 0 Å². The van der Waals surface area contributed by atoms with Crippen molar-refractivity contribution in [3.63, 3.8) is 0 Å². The van der Waals surface area contributed by atoms with Crippen LogP contribution >= 0.6 is 0 Å². The van der Waals surface area contributed by atoms with Gasteiger partial charge in [0.2, 0.25) is 6.04 Å². The third kappa shape index (κ3) is 4.85. The number of rotatable bonds is 6. The Balaban J connectivity index is 1.26. The number of aromatic amines is 1. The van der Waals surface area contributed by atoms with Gasteiger partial charge in [-0.2, -0.15) is 0 Å². The van der Waals surface area contributed by atoms with Gasteiger partial charge >= 0.3 is 11.9 Å². The van der Waals surface area contributed by atoms with E-state index in [0.717, 1.165) is 39.9 Å². The van der Waals surface area contributed by atoms with E-state index < -0.39 is 6.04 Å². The number of carbonyl (C=O) groups is 2. The maximum atomic E-state index is 14.0. The number of likely N-dealkylation sites (tertiary alicyclic amines) is 1. The van der Waals surface area contributed by atoms with Gasteiger partial charge in [-0.25, -0.2) is 18.5 Å². The Hall–Kier alpha value is -4.21. The van der Waals surface area contributed by atoms with Gasteiger partial charge in [-0.1, -0.05) is 36.4 Å². The van der Waals surface area contributed by atoms with Gasteiger partial charge in [0.25, 0.3) is 0 Å². The Morgan fingerprint density at radius 2 is 1.78 bits per heavy atom. The number of aromatic nitrogens is 1. The number of likely N-dealkylation sites (N-methyl/N-ethyl adjacent to an activating group) is 1. The van der Waals surface area contributed by atoms with Crippen LogP contribution in [0, 0.1) is 5.82 Å². The molecule has 3 atom stereocenters. The number of piperazine rings is 1. The van der Waals surface area contributed by atoms with Gasteiger partial charge in [-0.15, -0.1) is 0 Å². The molecule has 2 aliphatic heterocycles. The first-order chi connectivity index (χ1) is 19.8. The van der Waals surface area contributed by atoms with Crippen molar-refractivity contribution in [2.75, 3.05) is 52.2 Å². The number of quaternary nitrogens is 1. The number of fused-ring (bicyclic) bond motifs is 1. The average Bonchev–Trinajstić information content (AvgIpc) is 3.39. The van der Waals surface area contributed by atoms with Crippen molar-refractivity contribution < 1.29 is 14.0 Å². The van der Waals surface area contributed by atoms with Gasteiger partial charge in [0, 0.05) is 67.1 Å². The number of nitrogens with zero attached hydrogens (tertiary/aromatic N) is 4. The largest absolute Gasteiger partial charge is 0.368 e. The number of amides is 3. The zero-order chi connectivity index (χ0) is 28.7. The highest BCUT2D eigenvalue weighted by Gasteiger charge is 2.64. The Bertz CT molecular complexity index is 1590. The van der Waals surface area contributed by atoms with E-state index in [0.29, 0.717) is 26.2 Å². The molecular formula is C32H36FN6O2+. The molecule has 8 nitrogen and oxygen atoms in total. The summed E-state index contributed by atoms with van der Waals surface area (Å²) in [4.78, 5) is 36.8. The van der Waals surface area contributed by atoms with E-state index in [1.807, 2.05) is 63.7 Å². The van der Waals surface area contributed by atoms with Crippen LogP contribution in [-0.4, -0.2) is 80.1 Å². The lowest BCUT2D eigenvalue weighted by Gasteiger charge is -2.51. The minimum atomic E-state index is -0.676. The van der Waals surface area contributed by atoms with Gasteiger partial charge in [-0.05, 0) is 50.0 Å². The number of carbonyl (C=O) groups excluding carboxylic acids is 2. The van der Waals surface area contributed by atoms with Crippen molar-refractivity contribution in [2.24, 2.45) is 0 Å². The maximum absolute atomic E-state index is 14.0. The molecule has 2 saturated heterocycles. The van der Waals surface area contributed by atoms with E-state index >= 15 is 0 Å². The van der Waals surface area contributed by atoms with Crippen LogP contribution in [0.4, 0.5) is 20.6 Å². The normalized spacial score (nSPS) is 22.7. The highest BCUT2D eigenvalue weighted by molar-refractivity contribution is 6.04. The Morgan fingerprint density at radius 3 is 2.54 bits per heavy atom. The van der Waals surface area contributed by atoms with Gasteiger partial charge in [-0.3, -0.25) is 0 Å². The molecule has 2 aliphatic rings. The first kappa shape index (κ1) is 27.0. The molecule has 2 fully saturated rings. The predicted molar refractivity (Wildman–Crippen MR) is 160 cm³/mol. The molecule has 3 aromatic carbocycles. The number of anilines is 1. The van der Waals surface area contributed by atoms with Crippen LogP contribution in [0.15, 0.2) is 79.0 Å². The molecule has 3 heterocycles. The van der Waals surface area contributed by atoms with E-state index in [1.54, 1.807) is 11.0 Å². The van der Waals surface area contributed by atoms with E-state index in [2.05, 4.69) is 38.3 Å². The Morgan fingerprint density at radius 1 is 1.02 bits per heavy atom. The average molecular weight is 556 g/mol. The summed E-state index contributed by atoms with van der Waals surface area (Å²) in [6.07, 6.45) is 1.97. The second-order valence-electron chi connectivity index (χ2n) is 11.4. The first-order valence-corrected chi connectivity index (χ1v) is 14.0. The van der Waals surface area contributed by atoms with Crippen LogP contribution in [0.1, 0.15) is 17.2 Å². The molecule has 9 heteroatoms. The number of halogens is 1. The highest BCUT2D eigenvalue weighted by atomic mass is 19.1. The summed E-state index contributed by atoms with van der Waals surface area (Å²) in [7, 11) is 6.00. The van der Waals surface area contributed by atoms with Gasteiger partial charge in [0.1, 0.15) is 11.5 Å². The fourth-order valence-electron chi connectivity index (χ4n) is 6.38. The van der Waals surface area contributed by atoms with Gasteiger partial charge in [0.15, 0.2) is 6.04 Å². The van der Waals surface area contributed by atoms with Crippen molar-refractivity contribution in [3.05, 3.63) is 95.9 Å². The van der Waals surface area contributed by atoms with Crippen LogP contribution in [-0.2, 0) is 11.3 Å². The third-order valence-electron chi connectivity index (χ3n) is 8.50. The third-order valence-corrected chi connectivity index (χ3v) is 8.50. The number of para-hydroxylation sites is 1. The topological polar surface area (TPSA) is 71.7 Å². The fraction of sp³-hybridized carbons (Fsp3) is 0.312. The van der Waals surface area contributed by atoms with E-state index in [1.165, 1.54) is 12.1 Å². The summed E-state index contributed by atoms with van der Waals surface area (Å²) >= 11 is 0. The molecule has 0 radical (unpaired) electrons. The quantitative estimate of drug-likeness (QED) is 0.272. The summed E-state index contributed by atoms with van der Waals surface area (Å²) in [6, 6.07) is 21.5. The van der Waals surface area contributed by atoms with E-state index in [4.69, 9.17) is 0 Å². The lowest BCUT2D eigenvalue weighted by atomic mass is 9.83. The number of β-lactam (4-membered cyclic amide) rings is 1.